The maximum atomic E-state index is 13.6. The molecule has 0 heterocycles. The first-order valence-corrected chi connectivity index (χ1v) is 17.5. The normalized spacial score (nSPS) is 15.4. The number of hydrogen-bond donors (Lipinski definition) is 4. The lowest BCUT2D eigenvalue weighted by Gasteiger charge is -2.27. The van der Waals surface area contributed by atoms with Crippen molar-refractivity contribution < 1.29 is 42.5 Å². The Balaban J connectivity index is 0.000000815. The largest absolute Gasteiger partial charge is 0.508 e. The van der Waals surface area contributed by atoms with Crippen LogP contribution in [0, 0.1) is 11.8 Å². The van der Waals surface area contributed by atoms with Crippen molar-refractivity contribution in [3.8, 4) is 22.6 Å². The predicted molar refractivity (Wildman–Crippen MR) is 196 cm³/mol. The first-order valence-electron chi connectivity index (χ1n) is 17.5. The molecule has 0 aliphatic heterocycles. The third-order valence-electron chi connectivity index (χ3n) is 9.33. The van der Waals surface area contributed by atoms with Crippen LogP contribution in [0.1, 0.15) is 52.7 Å². The van der Waals surface area contributed by atoms with E-state index in [1.54, 1.807) is 19.2 Å². The predicted octanol–water partition coefficient (Wildman–Crippen LogP) is 7.01. The molecule has 1 saturated carbocycles. The van der Waals surface area contributed by atoms with Crippen molar-refractivity contribution in [2.75, 3.05) is 26.7 Å². The van der Waals surface area contributed by atoms with Gasteiger partial charge in [-0.3, -0.25) is 9.59 Å². The molecule has 0 unspecified atom stereocenters. The molecule has 4 aromatic rings. The highest BCUT2D eigenvalue weighted by molar-refractivity contribution is 5.95. The molecule has 12 heteroatoms. The zero-order valence-corrected chi connectivity index (χ0v) is 29.6. The molecule has 1 aliphatic rings. The van der Waals surface area contributed by atoms with Gasteiger partial charge in [0, 0.05) is 25.2 Å². The van der Waals surface area contributed by atoms with Crippen LogP contribution >= 0.6 is 0 Å². The summed E-state index contributed by atoms with van der Waals surface area (Å²) in [5.74, 6) is -0.669. The van der Waals surface area contributed by atoms with E-state index in [0.29, 0.717) is 43.5 Å². The zero-order chi connectivity index (χ0) is 38.4. The fraction of sp³-hybridized carbons (Fsp3) is 0.341. The number of carboxylic acids is 1. The Morgan fingerprint density at radius 2 is 1.42 bits per heavy atom. The second kappa shape index (κ2) is 19.5. The van der Waals surface area contributed by atoms with E-state index in [2.05, 4.69) is 11.4 Å². The van der Waals surface area contributed by atoms with Crippen molar-refractivity contribution in [2.45, 2.75) is 51.2 Å². The van der Waals surface area contributed by atoms with Gasteiger partial charge in [-0.2, -0.15) is 13.2 Å². The van der Waals surface area contributed by atoms with Gasteiger partial charge in [-0.1, -0.05) is 54.6 Å². The molecule has 2 amide bonds. The number of hydrogen-bond acceptors (Lipinski definition) is 6. The van der Waals surface area contributed by atoms with Crippen LogP contribution in [-0.2, 0) is 29.0 Å². The van der Waals surface area contributed by atoms with Gasteiger partial charge in [0.05, 0.1) is 13.5 Å². The van der Waals surface area contributed by atoms with Gasteiger partial charge >= 0.3 is 12.1 Å². The number of halogens is 3. The summed E-state index contributed by atoms with van der Waals surface area (Å²) in [6.45, 7) is 2.44. The number of rotatable bonds is 13. The molecule has 53 heavy (non-hydrogen) atoms. The van der Waals surface area contributed by atoms with Gasteiger partial charge in [0.15, 0.2) is 0 Å². The van der Waals surface area contributed by atoms with Gasteiger partial charge < -0.3 is 30.9 Å². The smallest absolute Gasteiger partial charge is 0.490 e. The van der Waals surface area contributed by atoms with Crippen LogP contribution in [0.3, 0.4) is 0 Å². The maximum absolute atomic E-state index is 13.6. The lowest BCUT2D eigenvalue weighted by Crippen LogP contribution is -2.33. The Morgan fingerprint density at radius 3 is 2.02 bits per heavy atom. The summed E-state index contributed by atoms with van der Waals surface area (Å²) in [5, 5.41) is 20.0. The molecule has 1 aliphatic carbocycles. The van der Waals surface area contributed by atoms with Gasteiger partial charge in [0.1, 0.15) is 11.5 Å². The topological polar surface area (TPSA) is 142 Å². The molecule has 0 saturated heterocycles. The highest BCUT2D eigenvalue weighted by Crippen LogP contribution is 2.28. The minimum Gasteiger partial charge on any atom is -0.508 e. The van der Waals surface area contributed by atoms with Crippen molar-refractivity contribution >= 4 is 17.8 Å². The standard InChI is InChI=1S/C39H45N3O4.C2HF3O2/c1-46-37-18-14-29(15-19-37)23-38(44)42(21-20-28-12-16-36(43)17-13-28)27-32-4-2-5-33(22-32)34-6-3-7-35(24-34)39(45)41-26-31-10-8-30(25-40)9-11-31;3-2(4,5)1(6)7/h2-7,12-19,22,24,30-31,43H,8-11,20-21,23,25-27,40H2,1H3,(H,41,45);(H,6,7). The molecular formula is C41H46F3N3O6. The molecule has 0 aromatic heterocycles. The number of amides is 2. The molecule has 9 nitrogen and oxygen atoms in total. The third-order valence-corrected chi connectivity index (χ3v) is 9.33. The van der Waals surface area contributed by atoms with E-state index in [1.807, 2.05) is 83.8 Å². The van der Waals surface area contributed by atoms with Gasteiger partial charge in [0.2, 0.25) is 5.91 Å². The average molecular weight is 734 g/mol. The number of benzene rings is 4. The number of nitrogens with two attached hydrogens (primary N) is 1. The van der Waals surface area contributed by atoms with E-state index in [0.717, 1.165) is 65.8 Å². The average Bonchev–Trinajstić information content (AvgIpc) is 3.16. The summed E-state index contributed by atoms with van der Waals surface area (Å²) < 4.78 is 37.0. The van der Waals surface area contributed by atoms with E-state index in [-0.39, 0.29) is 24.0 Å². The first-order chi connectivity index (χ1) is 25.3. The summed E-state index contributed by atoms with van der Waals surface area (Å²) in [7, 11) is 1.63. The van der Waals surface area contributed by atoms with Crippen molar-refractivity contribution in [3.05, 3.63) is 119 Å². The summed E-state index contributed by atoms with van der Waals surface area (Å²) >= 11 is 0. The van der Waals surface area contributed by atoms with Crippen molar-refractivity contribution in [1.29, 1.82) is 0 Å². The third kappa shape index (κ3) is 13.0. The second-order valence-electron chi connectivity index (χ2n) is 13.2. The Kier molecular flexibility index (Phi) is 14.8. The maximum Gasteiger partial charge on any atom is 0.490 e. The second-order valence-corrected chi connectivity index (χ2v) is 13.2. The van der Waals surface area contributed by atoms with Crippen molar-refractivity contribution in [1.82, 2.24) is 10.2 Å². The first kappa shape index (κ1) is 40.4. The van der Waals surface area contributed by atoms with Crippen LogP contribution in [0.25, 0.3) is 11.1 Å². The number of ether oxygens (including phenoxy) is 1. The quantitative estimate of drug-likeness (QED) is 0.116. The summed E-state index contributed by atoms with van der Waals surface area (Å²) in [6.07, 6.45) is 0.381. The number of aromatic hydroxyl groups is 1. The van der Waals surface area contributed by atoms with Crippen LogP contribution in [0.5, 0.6) is 11.5 Å². The van der Waals surface area contributed by atoms with Gasteiger partial charge in [0.25, 0.3) is 5.91 Å². The fourth-order valence-corrected chi connectivity index (χ4v) is 6.17. The number of nitrogens with zero attached hydrogens (tertiary/aromatic N) is 1. The number of carbonyl (C=O) groups excluding carboxylic acids is 2. The monoisotopic (exact) mass is 733 g/mol. The Bertz CT molecular complexity index is 1790. The Hall–Kier alpha value is -5.36. The van der Waals surface area contributed by atoms with E-state index in [1.165, 1.54) is 0 Å². The fourth-order valence-electron chi connectivity index (χ4n) is 6.17. The minimum atomic E-state index is -5.08. The molecule has 0 atom stereocenters. The molecule has 1 fully saturated rings. The van der Waals surface area contributed by atoms with E-state index in [4.69, 9.17) is 20.4 Å². The summed E-state index contributed by atoms with van der Waals surface area (Å²) in [5.41, 5.74) is 11.4. The molecular weight excluding hydrogens is 687 g/mol. The Labute approximate surface area is 307 Å². The van der Waals surface area contributed by atoms with E-state index in [9.17, 15) is 27.9 Å². The Morgan fingerprint density at radius 1 is 0.830 bits per heavy atom. The van der Waals surface area contributed by atoms with Crippen LogP contribution < -0.4 is 15.8 Å². The molecule has 5 N–H and O–H groups in total. The molecule has 4 aromatic carbocycles. The highest BCUT2D eigenvalue weighted by Gasteiger charge is 2.38. The molecule has 0 bridgehead atoms. The summed E-state index contributed by atoms with van der Waals surface area (Å²) in [6, 6.07) is 30.6. The number of aliphatic carboxylic acids is 1. The number of carboxylic acid groups (broad SMARTS) is 1. The van der Waals surface area contributed by atoms with E-state index < -0.39 is 12.1 Å². The van der Waals surface area contributed by atoms with Crippen LogP contribution in [0.15, 0.2) is 97.1 Å². The lowest BCUT2D eigenvalue weighted by atomic mass is 9.82. The lowest BCUT2D eigenvalue weighted by molar-refractivity contribution is -0.192. The highest BCUT2D eigenvalue weighted by atomic mass is 19.4. The minimum absolute atomic E-state index is 0.0320. The number of phenols is 1. The van der Waals surface area contributed by atoms with Crippen LogP contribution in [-0.4, -0.2) is 65.8 Å². The number of alkyl halides is 3. The van der Waals surface area contributed by atoms with Crippen LogP contribution in [0.4, 0.5) is 13.2 Å². The number of methoxy groups -OCH3 is 1. The number of phenolic OH excluding ortho intramolecular Hbond substituents is 1. The summed E-state index contributed by atoms with van der Waals surface area (Å²) in [4.78, 5) is 37.5. The number of carbonyl (C=O) groups is 3. The van der Waals surface area contributed by atoms with Crippen molar-refractivity contribution in [2.24, 2.45) is 17.6 Å². The van der Waals surface area contributed by atoms with Crippen molar-refractivity contribution in [3.63, 3.8) is 0 Å². The number of nitrogens with one attached hydrogen (secondary N) is 1. The van der Waals surface area contributed by atoms with Crippen LogP contribution in [0.2, 0.25) is 0 Å². The molecule has 0 radical (unpaired) electrons. The molecule has 0 spiro atoms. The van der Waals surface area contributed by atoms with Gasteiger partial charge in [-0.25, -0.2) is 4.79 Å². The SMILES string of the molecule is COc1ccc(CC(=O)N(CCc2ccc(O)cc2)Cc2cccc(-c3cccc(C(=O)NCC4CCC(CN)CC4)c3)c2)cc1.O=C(O)C(F)(F)F. The zero-order valence-electron chi connectivity index (χ0n) is 29.6. The molecule has 5 rings (SSSR count). The van der Waals surface area contributed by atoms with Gasteiger partial charge in [-0.15, -0.1) is 0 Å². The molecule has 282 valence electrons. The van der Waals surface area contributed by atoms with Gasteiger partial charge in [-0.05, 0) is 121 Å². The van der Waals surface area contributed by atoms with E-state index >= 15 is 0 Å².